The van der Waals surface area contributed by atoms with Gasteiger partial charge in [-0.3, -0.25) is 4.79 Å². The number of carbonyl (C=O) groups is 1. The Bertz CT molecular complexity index is 191. The van der Waals surface area contributed by atoms with E-state index < -0.39 is 0 Å². The quantitative estimate of drug-likeness (QED) is 0.684. The average molecular weight is 199 g/mol. The molecule has 0 bridgehead atoms. The Labute approximate surface area is 88.7 Å². The second-order valence-corrected chi connectivity index (χ2v) is 5.64. The van der Waals surface area contributed by atoms with Crippen LogP contribution in [0.2, 0.25) is 0 Å². The van der Waals surface area contributed by atoms with Crippen LogP contribution in [0, 0.1) is 11.3 Å². The molecule has 0 fully saturated rings. The molecular weight excluding hydrogens is 174 g/mol. The summed E-state index contributed by atoms with van der Waals surface area (Å²) in [6, 6.07) is 0.335. The van der Waals surface area contributed by atoms with Gasteiger partial charge in [0.1, 0.15) is 0 Å². The Morgan fingerprint density at radius 3 is 1.93 bits per heavy atom. The lowest BCUT2D eigenvalue weighted by molar-refractivity contribution is -0.140. The van der Waals surface area contributed by atoms with Crippen LogP contribution in [0.3, 0.4) is 0 Å². The van der Waals surface area contributed by atoms with E-state index in [0.29, 0.717) is 12.0 Å². The van der Waals surface area contributed by atoms with Crippen molar-refractivity contribution in [2.24, 2.45) is 11.3 Å². The molecule has 0 radical (unpaired) electrons. The van der Waals surface area contributed by atoms with E-state index in [1.165, 1.54) is 0 Å². The molecule has 84 valence electrons. The summed E-state index contributed by atoms with van der Waals surface area (Å²) in [6.45, 7) is 12.4. The maximum atomic E-state index is 11.9. The van der Waals surface area contributed by atoms with Gasteiger partial charge in [-0.25, -0.2) is 0 Å². The minimum Gasteiger partial charge on any atom is -0.343 e. The average Bonchev–Trinajstić information content (AvgIpc) is 1.98. The predicted molar refractivity (Wildman–Crippen MR) is 61.1 cm³/mol. The molecule has 0 rings (SSSR count). The first-order chi connectivity index (χ1) is 6.16. The largest absolute Gasteiger partial charge is 0.343 e. The third kappa shape index (κ3) is 4.12. The lowest BCUT2D eigenvalue weighted by atomic mass is 9.93. The monoisotopic (exact) mass is 199 g/mol. The molecule has 0 aliphatic heterocycles. The van der Waals surface area contributed by atoms with Gasteiger partial charge in [0.15, 0.2) is 0 Å². The van der Waals surface area contributed by atoms with Gasteiger partial charge in [-0.2, -0.15) is 0 Å². The SMILES string of the molecule is CC(C)C[C@H](C)N(C)C(=O)C(C)(C)C. The molecule has 0 heterocycles. The van der Waals surface area contributed by atoms with Gasteiger partial charge in [-0.15, -0.1) is 0 Å². The molecule has 0 spiro atoms. The van der Waals surface area contributed by atoms with Crippen molar-refractivity contribution in [1.29, 1.82) is 0 Å². The molecule has 0 saturated carbocycles. The molecule has 0 aliphatic carbocycles. The lowest BCUT2D eigenvalue weighted by Crippen LogP contribution is -2.42. The Morgan fingerprint density at radius 1 is 1.21 bits per heavy atom. The van der Waals surface area contributed by atoms with Gasteiger partial charge in [-0.1, -0.05) is 34.6 Å². The molecule has 0 unspecified atom stereocenters. The third-order valence-electron chi connectivity index (χ3n) is 2.44. The zero-order chi connectivity index (χ0) is 11.5. The first-order valence-corrected chi connectivity index (χ1v) is 5.43. The number of rotatable bonds is 3. The molecular formula is C12H25NO. The van der Waals surface area contributed by atoms with Crippen molar-refractivity contribution < 1.29 is 4.79 Å². The third-order valence-corrected chi connectivity index (χ3v) is 2.44. The van der Waals surface area contributed by atoms with E-state index in [1.54, 1.807) is 0 Å². The van der Waals surface area contributed by atoms with Crippen molar-refractivity contribution in [2.75, 3.05) is 7.05 Å². The predicted octanol–water partition coefficient (Wildman–Crippen LogP) is 2.93. The van der Waals surface area contributed by atoms with Crippen LogP contribution in [0.4, 0.5) is 0 Å². The Hall–Kier alpha value is -0.530. The van der Waals surface area contributed by atoms with E-state index >= 15 is 0 Å². The molecule has 14 heavy (non-hydrogen) atoms. The number of hydrogen-bond acceptors (Lipinski definition) is 1. The van der Waals surface area contributed by atoms with Crippen molar-refractivity contribution >= 4 is 5.91 Å². The molecule has 2 heteroatoms. The molecule has 1 atom stereocenters. The molecule has 0 aromatic heterocycles. The minimum atomic E-state index is -0.264. The van der Waals surface area contributed by atoms with E-state index in [2.05, 4.69) is 20.8 Å². The molecule has 0 saturated heterocycles. The summed E-state index contributed by atoms with van der Waals surface area (Å²) < 4.78 is 0. The summed E-state index contributed by atoms with van der Waals surface area (Å²) in [7, 11) is 1.90. The smallest absolute Gasteiger partial charge is 0.227 e. The number of amides is 1. The first-order valence-electron chi connectivity index (χ1n) is 5.43. The second kappa shape index (κ2) is 4.81. The van der Waals surface area contributed by atoms with Crippen LogP contribution < -0.4 is 0 Å². The van der Waals surface area contributed by atoms with Crippen LogP contribution in [-0.2, 0) is 4.79 Å². The number of carbonyl (C=O) groups excluding carboxylic acids is 1. The van der Waals surface area contributed by atoms with Gasteiger partial charge >= 0.3 is 0 Å². The second-order valence-electron chi connectivity index (χ2n) is 5.64. The van der Waals surface area contributed by atoms with Gasteiger partial charge in [0.25, 0.3) is 0 Å². The first kappa shape index (κ1) is 13.5. The van der Waals surface area contributed by atoms with E-state index in [4.69, 9.17) is 0 Å². The summed E-state index contributed by atoms with van der Waals surface area (Å²) in [5.41, 5.74) is -0.264. The van der Waals surface area contributed by atoms with Crippen LogP contribution in [0.5, 0.6) is 0 Å². The maximum Gasteiger partial charge on any atom is 0.227 e. The van der Waals surface area contributed by atoms with Gasteiger partial charge in [0, 0.05) is 18.5 Å². The van der Waals surface area contributed by atoms with Crippen molar-refractivity contribution in [3.63, 3.8) is 0 Å². The van der Waals surface area contributed by atoms with Crippen molar-refractivity contribution in [3.8, 4) is 0 Å². The Kier molecular flexibility index (Phi) is 4.63. The van der Waals surface area contributed by atoms with Crippen LogP contribution in [-0.4, -0.2) is 23.9 Å². The summed E-state index contributed by atoms with van der Waals surface area (Å²) in [5.74, 6) is 0.867. The highest BCUT2D eigenvalue weighted by Gasteiger charge is 2.27. The fourth-order valence-corrected chi connectivity index (χ4v) is 1.57. The van der Waals surface area contributed by atoms with Crippen molar-refractivity contribution in [2.45, 2.75) is 54.0 Å². The standard InChI is InChI=1S/C12H25NO/c1-9(2)8-10(3)13(7)11(14)12(4,5)6/h9-10H,8H2,1-7H3/t10-/m0/s1. The highest BCUT2D eigenvalue weighted by Crippen LogP contribution is 2.20. The van der Waals surface area contributed by atoms with E-state index in [0.717, 1.165) is 6.42 Å². The summed E-state index contributed by atoms with van der Waals surface area (Å²) in [6.07, 6.45) is 1.07. The Morgan fingerprint density at radius 2 is 1.64 bits per heavy atom. The van der Waals surface area contributed by atoms with Gasteiger partial charge < -0.3 is 4.90 Å². The molecule has 2 nitrogen and oxygen atoms in total. The molecule has 0 aromatic rings. The summed E-state index contributed by atoms with van der Waals surface area (Å²) in [4.78, 5) is 13.8. The van der Waals surface area contributed by atoms with Gasteiger partial charge in [0.2, 0.25) is 5.91 Å². The van der Waals surface area contributed by atoms with Gasteiger partial charge in [-0.05, 0) is 19.3 Å². The molecule has 0 aromatic carbocycles. The zero-order valence-electron chi connectivity index (χ0n) is 10.7. The molecule has 0 N–H and O–H groups in total. The van der Waals surface area contributed by atoms with Crippen LogP contribution in [0.15, 0.2) is 0 Å². The van der Waals surface area contributed by atoms with E-state index in [-0.39, 0.29) is 11.3 Å². The maximum absolute atomic E-state index is 11.9. The highest BCUT2D eigenvalue weighted by molar-refractivity contribution is 5.81. The topological polar surface area (TPSA) is 20.3 Å². The Balaban J connectivity index is 4.32. The molecule has 0 aliphatic rings. The zero-order valence-corrected chi connectivity index (χ0v) is 10.7. The number of nitrogens with zero attached hydrogens (tertiary/aromatic N) is 1. The van der Waals surface area contributed by atoms with E-state index in [1.807, 2.05) is 32.7 Å². The summed E-state index contributed by atoms with van der Waals surface area (Å²) >= 11 is 0. The van der Waals surface area contributed by atoms with Crippen LogP contribution >= 0.6 is 0 Å². The summed E-state index contributed by atoms with van der Waals surface area (Å²) in [5, 5.41) is 0. The number of hydrogen-bond donors (Lipinski definition) is 0. The van der Waals surface area contributed by atoms with E-state index in [9.17, 15) is 4.79 Å². The van der Waals surface area contributed by atoms with Crippen LogP contribution in [0.25, 0.3) is 0 Å². The van der Waals surface area contributed by atoms with Gasteiger partial charge in [0.05, 0.1) is 0 Å². The fraction of sp³-hybridized carbons (Fsp3) is 0.917. The molecule has 1 amide bonds. The van der Waals surface area contributed by atoms with Crippen LogP contribution in [0.1, 0.15) is 48.0 Å². The minimum absolute atomic E-state index is 0.227. The fourth-order valence-electron chi connectivity index (χ4n) is 1.57. The highest BCUT2D eigenvalue weighted by atomic mass is 16.2. The lowest BCUT2D eigenvalue weighted by Gasteiger charge is -2.31. The van der Waals surface area contributed by atoms with Crippen molar-refractivity contribution in [1.82, 2.24) is 4.90 Å². The normalized spacial score (nSPS) is 14.3. The van der Waals surface area contributed by atoms with Crippen molar-refractivity contribution in [3.05, 3.63) is 0 Å².